The van der Waals surface area contributed by atoms with E-state index >= 15 is 0 Å². The number of likely N-dealkylation sites (tertiary alicyclic amines) is 1. The molecule has 1 aliphatic heterocycles. The average molecular weight is 432 g/mol. The summed E-state index contributed by atoms with van der Waals surface area (Å²) in [4.78, 5) is 42.9. The van der Waals surface area contributed by atoms with Gasteiger partial charge in [0, 0.05) is 43.5 Å². The van der Waals surface area contributed by atoms with Crippen molar-refractivity contribution in [1.29, 1.82) is 0 Å². The van der Waals surface area contributed by atoms with Crippen LogP contribution in [0, 0.1) is 0 Å². The Kier molecular flexibility index (Phi) is 9.56. The Labute approximate surface area is 179 Å². The number of hydrogen-bond acceptors (Lipinski definition) is 7. The summed E-state index contributed by atoms with van der Waals surface area (Å²) in [6.45, 7) is 2.42. The molecule has 11 heteroatoms. The molecule has 11 nitrogen and oxygen atoms in total. The van der Waals surface area contributed by atoms with Gasteiger partial charge in [-0.25, -0.2) is 4.98 Å². The van der Waals surface area contributed by atoms with Gasteiger partial charge >= 0.3 is 0 Å². The van der Waals surface area contributed by atoms with Gasteiger partial charge in [0.1, 0.15) is 5.82 Å². The van der Waals surface area contributed by atoms with Gasteiger partial charge in [0.2, 0.25) is 11.8 Å². The Morgan fingerprint density at radius 3 is 2.71 bits per heavy atom. The monoisotopic (exact) mass is 432 g/mol. The summed E-state index contributed by atoms with van der Waals surface area (Å²) in [7, 11) is 0. The molecule has 0 saturated carbocycles. The highest BCUT2D eigenvalue weighted by Gasteiger charge is 2.30. The number of β-amino-alcohol motifs (C(OH)–C–C–N with tert-alkyl or cyclic N) is 1. The van der Waals surface area contributed by atoms with Crippen LogP contribution in [-0.4, -0.2) is 78.8 Å². The molecule has 1 aliphatic rings. The summed E-state index contributed by atoms with van der Waals surface area (Å²) in [5, 5.41) is 26.9. The Bertz CT molecular complexity index is 844. The van der Waals surface area contributed by atoms with Crippen molar-refractivity contribution < 1.29 is 24.6 Å². The Morgan fingerprint density at radius 1 is 1.32 bits per heavy atom. The molecule has 0 bridgehead atoms. The fraction of sp³-hybridized carbons (Fsp3) is 0.500. The number of aliphatic hydroxyl groups excluding tert-OH is 1. The fourth-order valence-electron chi connectivity index (χ4n) is 3.28. The van der Waals surface area contributed by atoms with Crippen LogP contribution >= 0.6 is 0 Å². The smallest absolute Gasteiger partial charge is 0.290 e. The van der Waals surface area contributed by atoms with E-state index in [4.69, 9.17) is 9.90 Å². The van der Waals surface area contributed by atoms with Crippen LogP contribution in [0.15, 0.2) is 24.5 Å². The maximum Gasteiger partial charge on any atom is 0.290 e. The zero-order valence-corrected chi connectivity index (χ0v) is 17.4. The molecule has 0 unspecified atom stereocenters. The lowest BCUT2D eigenvalue weighted by Gasteiger charge is -2.36. The standard InChI is InChI=1S/C19H26N6O3.CH2O2/c1-2-3-4-17(27)21-14-9-15(26)12-25(11-14)18(28)10-16-22-19(24-23-16)13-5-7-20-8-6-13;2-1-3/h5-8,14-15,26H,2-4,9-12H2,1H3,(H,21,27)(H,22,23,24);1H,(H,2,3)/t14-,15+;/m0./s1. The summed E-state index contributed by atoms with van der Waals surface area (Å²) in [6.07, 6.45) is 5.40. The van der Waals surface area contributed by atoms with E-state index in [-0.39, 0.29) is 37.3 Å². The molecule has 2 amide bonds. The van der Waals surface area contributed by atoms with Gasteiger partial charge in [0.05, 0.1) is 12.5 Å². The highest BCUT2D eigenvalue weighted by Crippen LogP contribution is 2.15. The van der Waals surface area contributed by atoms with Crippen molar-refractivity contribution in [3.8, 4) is 11.4 Å². The first-order valence-corrected chi connectivity index (χ1v) is 10.1. The summed E-state index contributed by atoms with van der Waals surface area (Å²) in [5.74, 6) is 0.764. The number of pyridine rings is 1. The van der Waals surface area contributed by atoms with Crippen molar-refractivity contribution in [2.45, 2.75) is 51.2 Å². The largest absolute Gasteiger partial charge is 0.483 e. The Balaban J connectivity index is 0.00000107. The van der Waals surface area contributed by atoms with Gasteiger partial charge in [-0.2, -0.15) is 5.10 Å². The van der Waals surface area contributed by atoms with Crippen molar-refractivity contribution in [3.63, 3.8) is 0 Å². The number of aliphatic hydroxyl groups is 1. The topological polar surface area (TPSA) is 161 Å². The molecule has 3 heterocycles. The number of aromatic nitrogens is 4. The zero-order chi connectivity index (χ0) is 22.6. The summed E-state index contributed by atoms with van der Waals surface area (Å²) < 4.78 is 0. The minimum absolute atomic E-state index is 0.0365. The van der Waals surface area contributed by atoms with Gasteiger partial charge in [-0.05, 0) is 25.0 Å². The molecular formula is C20H28N6O5. The van der Waals surface area contributed by atoms with Crippen molar-refractivity contribution in [2.75, 3.05) is 13.1 Å². The molecule has 1 saturated heterocycles. The van der Waals surface area contributed by atoms with Gasteiger partial charge in [0.15, 0.2) is 5.82 Å². The van der Waals surface area contributed by atoms with Gasteiger partial charge in [-0.3, -0.25) is 24.5 Å². The van der Waals surface area contributed by atoms with E-state index in [1.807, 2.05) is 6.92 Å². The van der Waals surface area contributed by atoms with E-state index in [1.165, 1.54) is 0 Å². The number of unbranched alkanes of at least 4 members (excludes halogenated alkanes) is 1. The van der Waals surface area contributed by atoms with E-state index in [0.717, 1.165) is 18.4 Å². The maximum atomic E-state index is 12.7. The molecule has 0 radical (unpaired) electrons. The molecular weight excluding hydrogens is 404 g/mol. The van der Waals surface area contributed by atoms with Crippen LogP contribution in [0.3, 0.4) is 0 Å². The summed E-state index contributed by atoms with van der Waals surface area (Å²) in [5.41, 5.74) is 0.813. The third-order valence-corrected chi connectivity index (χ3v) is 4.69. The number of nitrogens with one attached hydrogen (secondary N) is 2. The second-order valence-corrected chi connectivity index (χ2v) is 7.18. The van der Waals surface area contributed by atoms with Crippen molar-refractivity contribution in [1.82, 2.24) is 30.4 Å². The van der Waals surface area contributed by atoms with E-state index in [0.29, 0.717) is 31.0 Å². The lowest BCUT2D eigenvalue weighted by molar-refractivity contribution is -0.135. The number of rotatable bonds is 7. The molecule has 0 aliphatic carbocycles. The quantitative estimate of drug-likeness (QED) is 0.457. The number of carbonyl (C=O) groups excluding carboxylic acids is 2. The van der Waals surface area contributed by atoms with Gasteiger partial charge in [0.25, 0.3) is 6.47 Å². The third-order valence-electron chi connectivity index (χ3n) is 4.69. The number of carbonyl (C=O) groups is 3. The van der Waals surface area contributed by atoms with Crippen LogP contribution < -0.4 is 5.32 Å². The molecule has 168 valence electrons. The zero-order valence-electron chi connectivity index (χ0n) is 17.4. The number of piperidine rings is 1. The van der Waals surface area contributed by atoms with E-state index in [2.05, 4.69) is 25.5 Å². The first-order valence-electron chi connectivity index (χ1n) is 10.1. The highest BCUT2D eigenvalue weighted by molar-refractivity contribution is 5.79. The number of aromatic amines is 1. The predicted octanol–water partition coefficient (Wildman–Crippen LogP) is 0.378. The molecule has 31 heavy (non-hydrogen) atoms. The summed E-state index contributed by atoms with van der Waals surface area (Å²) in [6, 6.07) is 3.35. The van der Waals surface area contributed by atoms with E-state index < -0.39 is 6.10 Å². The number of hydrogen-bond donors (Lipinski definition) is 4. The summed E-state index contributed by atoms with van der Waals surface area (Å²) >= 11 is 0. The first kappa shape index (κ1) is 23.9. The number of amides is 2. The fourth-order valence-corrected chi connectivity index (χ4v) is 3.28. The van der Waals surface area contributed by atoms with E-state index in [9.17, 15) is 14.7 Å². The molecule has 0 aromatic carbocycles. The van der Waals surface area contributed by atoms with Crippen LogP contribution in [0.25, 0.3) is 11.4 Å². The van der Waals surface area contributed by atoms with Gasteiger partial charge in [-0.15, -0.1) is 0 Å². The Hall–Kier alpha value is -3.34. The molecule has 2 aromatic rings. The van der Waals surface area contributed by atoms with Crippen LogP contribution in [0.2, 0.25) is 0 Å². The molecule has 1 fully saturated rings. The Morgan fingerprint density at radius 2 is 2.03 bits per heavy atom. The van der Waals surface area contributed by atoms with Gasteiger partial charge < -0.3 is 20.4 Å². The van der Waals surface area contributed by atoms with Gasteiger partial charge in [-0.1, -0.05) is 13.3 Å². The number of carboxylic acid groups (broad SMARTS) is 1. The lowest BCUT2D eigenvalue weighted by atomic mass is 10.0. The lowest BCUT2D eigenvalue weighted by Crippen LogP contribution is -2.54. The van der Waals surface area contributed by atoms with Crippen molar-refractivity contribution in [3.05, 3.63) is 30.4 Å². The van der Waals surface area contributed by atoms with Crippen LogP contribution in [0.1, 0.15) is 38.4 Å². The van der Waals surface area contributed by atoms with Crippen molar-refractivity contribution in [2.24, 2.45) is 0 Å². The molecule has 0 spiro atoms. The average Bonchev–Trinajstić information content (AvgIpc) is 3.21. The first-order chi connectivity index (χ1) is 15.0. The molecule has 2 aromatic heterocycles. The number of H-pyrrole nitrogens is 1. The second-order valence-electron chi connectivity index (χ2n) is 7.18. The maximum absolute atomic E-state index is 12.7. The predicted molar refractivity (Wildman–Crippen MR) is 111 cm³/mol. The van der Waals surface area contributed by atoms with Crippen molar-refractivity contribution >= 4 is 18.3 Å². The molecule has 4 N–H and O–H groups in total. The minimum atomic E-state index is -0.656. The van der Waals surface area contributed by atoms with E-state index in [1.54, 1.807) is 29.4 Å². The molecule has 3 rings (SSSR count). The third kappa shape index (κ3) is 7.78. The SMILES string of the molecule is CCCCC(=O)N[C@H]1C[C@@H](O)CN(C(=O)Cc2nc(-c3ccncc3)n[nH]2)C1.O=CO. The second kappa shape index (κ2) is 12.4. The molecule has 2 atom stereocenters. The van der Waals surface area contributed by atoms with Crippen LogP contribution in [-0.2, 0) is 20.8 Å². The van der Waals surface area contributed by atoms with Crippen LogP contribution in [0.4, 0.5) is 0 Å². The highest BCUT2D eigenvalue weighted by atomic mass is 16.3. The normalized spacial score (nSPS) is 17.9. The minimum Gasteiger partial charge on any atom is -0.483 e. The number of nitrogens with zero attached hydrogens (tertiary/aromatic N) is 4. The van der Waals surface area contributed by atoms with Crippen LogP contribution in [0.5, 0.6) is 0 Å².